The van der Waals surface area contributed by atoms with E-state index in [0.29, 0.717) is 5.92 Å². The van der Waals surface area contributed by atoms with Crippen molar-refractivity contribution in [1.29, 1.82) is 0 Å². The molecule has 0 spiro atoms. The molecule has 0 unspecified atom stereocenters. The first-order chi connectivity index (χ1) is 8.69. The number of hydrogen-bond donors (Lipinski definition) is 0. The Morgan fingerprint density at radius 2 is 1.61 bits per heavy atom. The van der Waals surface area contributed by atoms with E-state index in [0.717, 1.165) is 12.5 Å². The molecule has 2 heteroatoms. The van der Waals surface area contributed by atoms with Gasteiger partial charge in [0.2, 0.25) is 0 Å². The predicted molar refractivity (Wildman–Crippen MR) is 82.0 cm³/mol. The van der Waals surface area contributed by atoms with Crippen molar-refractivity contribution in [3.05, 3.63) is 0 Å². The van der Waals surface area contributed by atoms with Crippen molar-refractivity contribution in [2.75, 3.05) is 6.61 Å². The fourth-order valence-corrected chi connectivity index (χ4v) is 5.78. The first kappa shape index (κ1) is 15.8. The number of terminal acetylenes is 1. The van der Waals surface area contributed by atoms with Crippen LogP contribution in [-0.4, -0.2) is 14.9 Å². The van der Waals surface area contributed by atoms with Gasteiger partial charge >= 0.3 is 0 Å². The van der Waals surface area contributed by atoms with Crippen molar-refractivity contribution in [3.63, 3.8) is 0 Å². The lowest BCUT2D eigenvalue weighted by Crippen LogP contribution is -2.36. The molecular weight excluding hydrogens is 236 g/mol. The minimum absolute atomic E-state index is 0.553. The fourth-order valence-electron chi connectivity index (χ4n) is 3.12. The van der Waals surface area contributed by atoms with E-state index in [-0.39, 0.29) is 0 Å². The third-order valence-electron chi connectivity index (χ3n) is 4.95. The zero-order chi connectivity index (χ0) is 13.4. The Bertz CT molecular complexity index is 248. The summed E-state index contributed by atoms with van der Waals surface area (Å²) in [6.07, 6.45) is 11.9. The van der Waals surface area contributed by atoms with Gasteiger partial charge in [-0.1, -0.05) is 20.8 Å². The average Bonchev–Trinajstić information content (AvgIpc) is 2.45. The van der Waals surface area contributed by atoms with Crippen molar-refractivity contribution in [3.8, 4) is 12.3 Å². The summed E-state index contributed by atoms with van der Waals surface area (Å²) >= 11 is 0. The summed E-state index contributed by atoms with van der Waals surface area (Å²) in [5.41, 5.74) is 0. The number of hydrogen-bond acceptors (Lipinski definition) is 1. The standard InChI is InChI=1S/C16H30OSi/c1-5-15-9-11-16(12-10-15)13-14-17-18(6-2,7-3)8-4/h1,15-16H,6-14H2,2-4H3. The van der Waals surface area contributed by atoms with Crippen molar-refractivity contribution in [1.82, 2.24) is 0 Å². The zero-order valence-corrected chi connectivity index (χ0v) is 13.5. The first-order valence-electron chi connectivity index (χ1n) is 7.79. The summed E-state index contributed by atoms with van der Waals surface area (Å²) in [6, 6.07) is 3.80. The molecule has 0 bridgehead atoms. The van der Waals surface area contributed by atoms with Gasteiger partial charge in [-0.05, 0) is 56.2 Å². The Morgan fingerprint density at radius 3 is 2.06 bits per heavy atom. The van der Waals surface area contributed by atoms with Gasteiger partial charge in [0.15, 0.2) is 8.32 Å². The summed E-state index contributed by atoms with van der Waals surface area (Å²) in [5.74, 6) is 4.33. The van der Waals surface area contributed by atoms with Crippen LogP contribution in [0, 0.1) is 24.2 Å². The molecule has 1 saturated carbocycles. The largest absolute Gasteiger partial charge is 0.417 e. The van der Waals surface area contributed by atoms with Crippen molar-refractivity contribution < 1.29 is 4.43 Å². The summed E-state index contributed by atoms with van der Waals surface area (Å²) < 4.78 is 6.33. The summed E-state index contributed by atoms with van der Waals surface area (Å²) in [6.45, 7) is 7.90. The molecule has 0 saturated heterocycles. The third kappa shape index (κ3) is 4.44. The molecule has 1 rings (SSSR count). The second-order valence-electron chi connectivity index (χ2n) is 5.77. The van der Waals surface area contributed by atoms with E-state index >= 15 is 0 Å². The van der Waals surface area contributed by atoms with Gasteiger partial charge in [-0.15, -0.1) is 12.3 Å². The summed E-state index contributed by atoms with van der Waals surface area (Å²) in [7, 11) is -1.35. The third-order valence-corrected chi connectivity index (χ3v) is 9.63. The van der Waals surface area contributed by atoms with Gasteiger partial charge in [0.1, 0.15) is 0 Å². The number of rotatable bonds is 7. The molecule has 1 fully saturated rings. The van der Waals surface area contributed by atoms with Crippen LogP contribution in [0.15, 0.2) is 0 Å². The van der Waals surface area contributed by atoms with Crippen LogP contribution in [0.3, 0.4) is 0 Å². The minimum atomic E-state index is -1.35. The van der Waals surface area contributed by atoms with Gasteiger partial charge in [0, 0.05) is 12.5 Å². The Hall–Kier alpha value is -0.263. The highest BCUT2D eigenvalue weighted by atomic mass is 28.4. The lowest BCUT2D eigenvalue weighted by molar-refractivity contribution is 0.225. The van der Waals surface area contributed by atoms with E-state index in [2.05, 4.69) is 26.7 Å². The highest BCUT2D eigenvalue weighted by Crippen LogP contribution is 2.31. The quantitative estimate of drug-likeness (QED) is 0.473. The van der Waals surface area contributed by atoms with E-state index in [4.69, 9.17) is 10.8 Å². The van der Waals surface area contributed by atoms with Gasteiger partial charge in [0.05, 0.1) is 0 Å². The molecule has 0 aromatic carbocycles. The molecule has 0 aromatic rings. The van der Waals surface area contributed by atoms with Crippen LogP contribution in [-0.2, 0) is 4.43 Å². The maximum Gasteiger partial charge on any atom is 0.191 e. The van der Waals surface area contributed by atoms with Gasteiger partial charge in [-0.3, -0.25) is 0 Å². The smallest absolute Gasteiger partial charge is 0.191 e. The molecule has 1 nitrogen and oxygen atoms in total. The molecule has 0 aliphatic heterocycles. The minimum Gasteiger partial charge on any atom is -0.417 e. The van der Waals surface area contributed by atoms with E-state index in [1.807, 2.05) is 0 Å². The Kier molecular flexibility index (Phi) is 7.03. The zero-order valence-electron chi connectivity index (χ0n) is 12.5. The molecule has 104 valence electrons. The Balaban J connectivity index is 2.24. The highest BCUT2D eigenvalue weighted by Gasteiger charge is 2.29. The van der Waals surface area contributed by atoms with Crippen LogP contribution in [0.5, 0.6) is 0 Å². The summed E-state index contributed by atoms with van der Waals surface area (Å²) in [4.78, 5) is 0. The topological polar surface area (TPSA) is 9.23 Å². The summed E-state index contributed by atoms with van der Waals surface area (Å²) in [5, 5.41) is 0. The van der Waals surface area contributed by atoms with Gasteiger partial charge in [0.25, 0.3) is 0 Å². The van der Waals surface area contributed by atoms with E-state index in [1.165, 1.54) is 50.2 Å². The van der Waals surface area contributed by atoms with Gasteiger partial charge < -0.3 is 4.43 Å². The van der Waals surface area contributed by atoms with Crippen LogP contribution in [0.1, 0.15) is 52.9 Å². The van der Waals surface area contributed by atoms with E-state index in [1.54, 1.807) is 0 Å². The SMILES string of the molecule is C#CC1CCC(CCO[Si](CC)(CC)CC)CC1. The van der Waals surface area contributed by atoms with Crippen LogP contribution in [0.2, 0.25) is 18.1 Å². The molecule has 0 radical (unpaired) electrons. The molecule has 0 N–H and O–H groups in total. The fraction of sp³-hybridized carbons (Fsp3) is 0.875. The lowest BCUT2D eigenvalue weighted by atomic mass is 9.81. The normalized spacial score (nSPS) is 24.8. The van der Waals surface area contributed by atoms with Crippen LogP contribution >= 0.6 is 0 Å². The average molecular weight is 267 g/mol. The van der Waals surface area contributed by atoms with Crippen LogP contribution in [0.4, 0.5) is 0 Å². The van der Waals surface area contributed by atoms with Crippen molar-refractivity contribution in [2.45, 2.75) is 71.0 Å². The van der Waals surface area contributed by atoms with Crippen LogP contribution < -0.4 is 0 Å². The molecule has 0 atom stereocenters. The molecule has 0 aromatic heterocycles. The van der Waals surface area contributed by atoms with Crippen molar-refractivity contribution in [2.24, 2.45) is 11.8 Å². The van der Waals surface area contributed by atoms with E-state index < -0.39 is 8.32 Å². The Labute approximate surface area is 115 Å². The predicted octanol–water partition coefficient (Wildman–Crippen LogP) is 4.84. The molecule has 0 amide bonds. The second-order valence-corrected chi connectivity index (χ2v) is 10.5. The maximum atomic E-state index is 6.33. The molecule has 1 aliphatic carbocycles. The lowest BCUT2D eigenvalue weighted by Gasteiger charge is -2.30. The highest BCUT2D eigenvalue weighted by molar-refractivity contribution is 6.73. The van der Waals surface area contributed by atoms with Gasteiger partial charge in [-0.25, -0.2) is 0 Å². The molecule has 0 heterocycles. The van der Waals surface area contributed by atoms with Crippen LogP contribution in [0.25, 0.3) is 0 Å². The monoisotopic (exact) mass is 266 g/mol. The molecule has 1 aliphatic rings. The van der Waals surface area contributed by atoms with Gasteiger partial charge in [-0.2, -0.15) is 0 Å². The molecule has 18 heavy (non-hydrogen) atoms. The van der Waals surface area contributed by atoms with Crippen molar-refractivity contribution >= 4 is 8.32 Å². The van der Waals surface area contributed by atoms with E-state index in [9.17, 15) is 0 Å². The maximum absolute atomic E-state index is 6.33. The molecular formula is C16H30OSi. The first-order valence-corrected chi connectivity index (χ1v) is 10.3. The Morgan fingerprint density at radius 1 is 1.06 bits per heavy atom. The second kappa shape index (κ2) is 8.02.